The Labute approximate surface area is 143 Å². The molecule has 0 bridgehead atoms. The Morgan fingerprint density at radius 3 is 2.92 bits per heavy atom. The van der Waals surface area contributed by atoms with Crippen LogP contribution in [0.5, 0.6) is 0 Å². The smallest absolute Gasteiger partial charge is 0.262 e. The van der Waals surface area contributed by atoms with Crippen molar-refractivity contribution in [2.75, 3.05) is 12.4 Å². The molecule has 0 aliphatic carbocycles. The molecule has 24 heavy (non-hydrogen) atoms. The standard InChI is InChI=1S/C17H20N4O2S/c22-9-4-8-21-16(23)14-6-1-2-7-15(14)20-17(21)24-10-3-5-13-11-18-19-12-13/h1-2,6-7,11-12,22H,3-5,8-10H2,(H,18,19). The molecule has 6 nitrogen and oxygen atoms in total. The zero-order valence-electron chi connectivity index (χ0n) is 13.3. The molecule has 1 aromatic carbocycles. The number of hydrogen-bond acceptors (Lipinski definition) is 5. The van der Waals surface area contributed by atoms with Gasteiger partial charge in [0.1, 0.15) is 0 Å². The summed E-state index contributed by atoms with van der Waals surface area (Å²) in [7, 11) is 0. The lowest BCUT2D eigenvalue weighted by Gasteiger charge is -2.12. The maximum atomic E-state index is 12.7. The van der Waals surface area contributed by atoms with E-state index in [4.69, 9.17) is 5.11 Å². The van der Waals surface area contributed by atoms with Gasteiger partial charge in [0.2, 0.25) is 0 Å². The van der Waals surface area contributed by atoms with E-state index < -0.39 is 0 Å². The average molecular weight is 344 g/mol. The Bertz CT molecular complexity index is 845. The first-order valence-electron chi connectivity index (χ1n) is 8.00. The molecule has 0 saturated carbocycles. The first-order chi connectivity index (χ1) is 11.8. The summed E-state index contributed by atoms with van der Waals surface area (Å²) in [4.78, 5) is 17.3. The fourth-order valence-electron chi connectivity index (χ4n) is 2.54. The number of aromatic nitrogens is 4. The van der Waals surface area contributed by atoms with Crippen molar-refractivity contribution in [3.8, 4) is 0 Å². The van der Waals surface area contributed by atoms with Gasteiger partial charge >= 0.3 is 0 Å². The highest BCUT2D eigenvalue weighted by Gasteiger charge is 2.11. The molecule has 0 atom stereocenters. The number of hydrogen-bond donors (Lipinski definition) is 2. The second-order valence-electron chi connectivity index (χ2n) is 5.50. The second kappa shape index (κ2) is 8.12. The van der Waals surface area contributed by atoms with E-state index in [9.17, 15) is 4.79 Å². The molecule has 2 aromatic heterocycles. The van der Waals surface area contributed by atoms with Gasteiger partial charge in [-0.2, -0.15) is 5.10 Å². The van der Waals surface area contributed by atoms with Crippen LogP contribution in [0.2, 0.25) is 0 Å². The molecule has 2 heterocycles. The van der Waals surface area contributed by atoms with Gasteiger partial charge in [-0.15, -0.1) is 0 Å². The summed E-state index contributed by atoms with van der Waals surface area (Å²) in [6.07, 6.45) is 6.19. The van der Waals surface area contributed by atoms with E-state index in [1.807, 2.05) is 30.6 Å². The number of para-hydroxylation sites is 1. The van der Waals surface area contributed by atoms with Crippen molar-refractivity contribution < 1.29 is 5.11 Å². The molecule has 126 valence electrons. The molecule has 7 heteroatoms. The minimum Gasteiger partial charge on any atom is -0.396 e. The number of aromatic amines is 1. The number of rotatable bonds is 8. The summed E-state index contributed by atoms with van der Waals surface area (Å²) in [6.45, 7) is 0.543. The largest absolute Gasteiger partial charge is 0.396 e. The Balaban J connectivity index is 1.77. The molecular formula is C17H20N4O2S. The fourth-order valence-corrected chi connectivity index (χ4v) is 3.50. The molecule has 0 unspecified atom stereocenters. The van der Waals surface area contributed by atoms with E-state index in [2.05, 4.69) is 15.2 Å². The quantitative estimate of drug-likeness (QED) is 0.372. The normalized spacial score (nSPS) is 11.2. The molecule has 3 aromatic rings. The Kier molecular flexibility index (Phi) is 5.66. The number of nitrogens with zero attached hydrogens (tertiary/aromatic N) is 3. The highest BCUT2D eigenvalue weighted by Crippen LogP contribution is 2.19. The minimum atomic E-state index is -0.0358. The van der Waals surface area contributed by atoms with Crippen LogP contribution in [-0.4, -0.2) is 37.2 Å². The number of aryl methyl sites for hydroxylation is 1. The van der Waals surface area contributed by atoms with Crippen LogP contribution in [0.4, 0.5) is 0 Å². The highest BCUT2D eigenvalue weighted by molar-refractivity contribution is 7.99. The van der Waals surface area contributed by atoms with Gasteiger partial charge in [0.15, 0.2) is 5.16 Å². The summed E-state index contributed by atoms with van der Waals surface area (Å²) < 4.78 is 1.68. The molecule has 0 aliphatic rings. The summed E-state index contributed by atoms with van der Waals surface area (Å²) >= 11 is 1.59. The van der Waals surface area contributed by atoms with E-state index >= 15 is 0 Å². The van der Waals surface area contributed by atoms with E-state index in [1.165, 1.54) is 5.56 Å². The zero-order valence-corrected chi connectivity index (χ0v) is 14.1. The van der Waals surface area contributed by atoms with Gasteiger partial charge in [-0.05, 0) is 37.0 Å². The van der Waals surface area contributed by atoms with Gasteiger partial charge in [-0.25, -0.2) is 4.98 Å². The van der Waals surface area contributed by atoms with E-state index in [0.717, 1.165) is 29.3 Å². The lowest BCUT2D eigenvalue weighted by molar-refractivity contribution is 0.276. The highest BCUT2D eigenvalue weighted by atomic mass is 32.2. The third-order valence-corrected chi connectivity index (χ3v) is 4.82. The maximum absolute atomic E-state index is 12.7. The lowest BCUT2D eigenvalue weighted by Crippen LogP contribution is -2.24. The van der Waals surface area contributed by atoms with Gasteiger partial charge in [0.25, 0.3) is 5.56 Å². The molecule has 0 radical (unpaired) electrons. The SMILES string of the molecule is O=c1c2ccccc2nc(SCCCc2cn[nH]c2)n1CCCO. The zero-order chi connectivity index (χ0) is 16.8. The van der Waals surface area contributed by atoms with Crippen LogP contribution in [0.15, 0.2) is 46.6 Å². The molecule has 0 saturated heterocycles. The van der Waals surface area contributed by atoms with Crippen LogP contribution in [0, 0.1) is 0 Å². The molecule has 0 aliphatic heterocycles. The van der Waals surface area contributed by atoms with Gasteiger partial charge in [0.05, 0.1) is 17.1 Å². The van der Waals surface area contributed by atoms with Crippen molar-refractivity contribution in [3.63, 3.8) is 0 Å². The molecule has 0 spiro atoms. The first-order valence-corrected chi connectivity index (χ1v) is 8.99. The van der Waals surface area contributed by atoms with E-state index in [1.54, 1.807) is 22.4 Å². The minimum absolute atomic E-state index is 0.0358. The molecule has 2 N–H and O–H groups in total. The van der Waals surface area contributed by atoms with Crippen molar-refractivity contribution in [3.05, 3.63) is 52.6 Å². The summed E-state index contributed by atoms with van der Waals surface area (Å²) in [5, 5.41) is 17.2. The van der Waals surface area contributed by atoms with E-state index in [-0.39, 0.29) is 12.2 Å². The van der Waals surface area contributed by atoms with Crippen molar-refractivity contribution >= 4 is 22.7 Å². The van der Waals surface area contributed by atoms with Crippen molar-refractivity contribution in [1.82, 2.24) is 19.7 Å². The van der Waals surface area contributed by atoms with Gasteiger partial charge in [0, 0.05) is 25.1 Å². The number of thioether (sulfide) groups is 1. The Morgan fingerprint density at radius 1 is 1.25 bits per heavy atom. The van der Waals surface area contributed by atoms with E-state index in [0.29, 0.717) is 18.4 Å². The number of aliphatic hydroxyl groups excluding tert-OH is 1. The predicted molar refractivity (Wildman–Crippen MR) is 95.3 cm³/mol. The third kappa shape index (κ3) is 3.85. The van der Waals surface area contributed by atoms with Crippen molar-refractivity contribution in [2.45, 2.75) is 31.0 Å². The molecule has 0 amide bonds. The average Bonchev–Trinajstić information content (AvgIpc) is 3.12. The summed E-state index contributed by atoms with van der Waals surface area (Å²) in [6, 6.07) is 7.40. The number of benzene rings is 1. The first kappa shape index (κ1) is 16.7. The van der Waals surface area contributed by atoms with Crippen LogP contribution in [-0.2, 0) is 13.0 Å². The predicted octanol–water partition coefficient (Wildman–Crippen LogP) is 2.23. The summed E-state index contributed by atoms with van der Waals surface area (Å²) in [5.41, 5.74) is 1.87. The number of H-pyrrole nitrogens is 1. The third-order valence-electron chi connectivity index (χ3n) is 3.76. The second-order valence-corrected chi connectivity index (χ2v) is 6.57. The number of aliphatic hydroxyl groups is 1. The number of nitrogens with one attached hydrogen (secondary N) is 1. The maximum Gasteiger partial charge on any atom is 0.262 e. The summed E-state index contributed by atoms with van der Waals surface area (Å²) in [5.74, 6) is 0.870. The molecule has 0 fully saturated rings. The molecular weight excluding hydrogens is 324 g/mol. The topological polar surface area (TPSA) is 83.8 Å². The Morgan fingerprint density at radius 2 is 2.12 bits per heavy atom. The van der Waals surface area contributed by atoms with Crippen LogP contribution in [0.1, 0.15) is 18.4 Å². The van der Waals surface area contributed by atoms with Gasteiger partial charge in [-0.3, -0.25) is 14.5 Å². The monoisotopic (exact) mass is 344 g/mol. The van der Waals surface area contributed by atoms with Crippen molar-refractivity contribution in [2.24, 2.45) is 0 Å². The van der Waals surface area contributed by atoms with Gasteiger partial charge in [-0.1, -0.05) is 23.9 Å². The Hall–Kier alpha value is -2.12. The lowest BCUT2D eigenvalue weighted by atomic mass is 10.2. The van der Waals surface area contributed by atoms with Crippen LogP contribution in [0.3, 0.4) is 0 Å². The van der Waals surface area contributed by atoms with Gasteiger partial charge < -0.3 is 5.11 Å². The molecule has 3 rings (SSSR count). The van der Waals surface area contributed by atoms with Crippen molar-refractivity contribution in [1.29, 1.82) is 0 Å². The number of fused-ring (bicyclic) bond motifs is 1. The van der Waals surface area contributed by atoms with Crippen LogP contribution < -0.4 is 5.56 Å². The van der Waals surface area contributed by atoms with Crippen LogP contribution in [0.25, 0.3) is 10.9 Å². The van der Waals surface area contributed by atoms with Crippen LogP contribution >= 0.6 is 11.8 Å². The fraction of sp³-hybridized carbons (Fsp3) is 0.353.